The number of carbonyl (C=O) groups is 1. The molecule has 3 aromatic rings. The summed E-state index contributed by atoms with van der Waals surface area (Å²) in [7, 11) is 0. The van der Waals surface area contributed by atoms with Gasteiger partial charge in [0, 0.05) is 15.5 Å². The largest absolute Gasteiger partial charge is 0.492 e. The highest BCUT2D eigenvalue weighted by molar-refractivity contribution is 7.98. The molecule has 0 saturated carbocycles. The molecule has 0 atom stereocenters. The molecule has 0 unspecified atom stereocenters. The van der Waals surface area contributed by atoms with Crippen molar-refractivity contribution in [3.05, 3.63) is 82.6 Å². The molecular formula is C20H19NO2S2. The maximum absolute atomic E-state index is 12.5. The van der Waals surface area contributed by atoms with Crippen LogP contribution in [0.5, 0.6) is 5.75 Å². The van der Waals surface area contributed by atoms with Crippen LogP contribution >= 0.6 is 23.1 Å². The highest BCUT2D eigenvalue weighted by atomic mass is 32.2. The number of carbonyl (C=O) groups excluding carboxylic acids is 1. The summed E-state index contributed by atoms with van der Waals surface area (Å²) < 4.78 is 5.60. The molecule has 25 heavy (non-hydrogen) atoms. The lowest BCUT2D eigenvalue weighted by atomic mass is 10.2. The number of para-hydroxylation sites is 1. The van der Waals surface area contributed by atoms with Gasteiger partial charge in [-0.1, -0.05) is 36.4 Å². The van der Waals surface area contributed by atoms with Crippen molar-refractivity contribution in [1.82, 2.24) is 5.32 Å². The highest BCUT2D eigenvalue weighted by Gasteiger charge is 2.11. The van der Waals surface area contributed by atoms with Crippen LogP contribution in [0.1, 0.15) is 15.2 Å². The number of ether oxygens (including phenoxy) is 1. The van der Waals surface area contributed by atoms with Crippen molar-refractivity contribution in [1.29, 1.82) is 0 Å². The summed E-state index contributed by atoms with van der Waals surface area (Å²) >= 11 is 3.42. The lowest BCUT2D eigenvalue weighted by Gasteiger charge is -2.10. The first-order valence-corrected chi connectivity index (χ1v) is 9.90. The zero-order valence-corrected chi connectivity index (χ0v) is 15.3. The standard InChI is InChI=1S/C20H19NO2S2/c22-20(21-12-13-23-16-7-2-1-3-8-16)18-10-4-5-11-19(18)25-15-17-9-6-14-24-17/h1-11,14H,12-13,15H2,(H,21,22). The minimum Gasteiger partial charge on any atom is -0.492 e. The van der Waals surface area contributed by atoms with Crippen LogP contribution in [0.25, 0.3) is 0 Å². The van der Waals surface area contributed by atoms with Gasteiger partial charge >= 0.3 is 0 Å². The maximum Gasteiger partial charge on any atom is 0.252 e. The van der Waals surface area contributed by atoms with Crippen LogP contribution in [0, 0.1) is 0 Å². The molecule has 0 radical (unpaired) electrons. The molecule has 0 spiro atoms. The van der Waals surface area contributed by atoms with E-state index in [0.717, 1.165) is 16.4 Å². The van der Waals surface area contributed by atoms with Crippen LogP contribution in [-0.4, -0.2) is 19.1 Å². The van der Waals surface area contributed by atoms with Gasteiger partial charge in [-0.15, -0.1) is 23.1 Å². The molecule has 3 nitrogen and oxygen atoms in total. The van der Waals surface area contributed by atoms with E-state index >= 15 is 0 Å². The third kappa shape index (κ3) is 5.37. The molecule has 0 aliphatic carbocycles. The quantitative estimate of drug-likeness (QED) is 0.456. The van der Waals surface area contributed by atoms with Crippen molar-refractivity contribution >= 4 is 29.0 Å². The molecule has 3 rings (SSSR count). The lowest BCUT2D eigenvalue weighted by molar-refractivity contribution is 0.0944. The zero-order chi connectivity index (χ0) is 17.3. The molecule has 1 amide bonds. The summed E-state index contributed by atoms with van der Waals surface area (Å²) in [5, 5.41) is 5.00. The smallest absolute Gasteiger partial charge is 0.252 e. The van der Waals surface area contributed by atoms with E-state index in [1.165, 1.54) is 4.88 Å². The Balaban J connectivity index is 1.51. The van der Waals surface area contributed by atoms with E-state index in [1.807, 2.05) is 60.7 Å². The molecule has 1 aromatic heterocycles. The van der Waals surface area contributed by atoms with Crippen LogP contribution < -0.4 is 10.1 Å². The number of nitrogens with one attached hydrogen (secondary N) is 1. The number of rotatable bonds is 8. The Kier molecular flexibility index (Phi) is 6.54. The number of amides is 1. The molecule has 0 aliphatic rings. The Hall–Kier alpha value is -2.24. The second-order valence-electron chi connectivity index (χ2n) is 5.28. The summed E-state index contributed by atoms with van der Waals surface area (Å²) in [6, 6.07) is 21.5. The summed E-state index contributed by atoms with van der Waals surface area (Å²) in [6.45, 7) is 0.915. The fourth-order valence-corrected chi connectivity index (χ4v) is 4.09. The fourth-order valence-electron chi connectivity index (χ4n) is 2.27. The van der Waals surface area contributed by atoms with E-state index in [9.17, 15) is 4.79 Å². The predicted molar refractivity (Wildman–Crippen MR) is 105 cm³/mol. The van der Waals surface area contributed by atoms with Gasteiger partial charge < -0.3 is 10.1 Å². The van der Waals surface area contributed by atoms with Gasteiger partial charge in [-0.3, -0.25) is 4.79 Å². The van der Waals surface area contributed by atoms with Gasteiger partial charge in [-0.25, -0.2) is 0 Å². The average Bonchev–Trinajstić information content (AvgIpc) is 3.18. The topological polar surface area (TPSA) is 38.3 Å². The lowest BCUT2D eigenvalue weighted by Crippen LogP contribution is -2.28. The second-order valence-corrected chi connectivity index (χ2v) is 7.33. The number of thioether (sulfide) groups is 1. The first-order chi connectivity index (χ1) is 12.3. The van der Waals surface area contributed by atoms with Gasteiger partial charge in [0.15, 0.2) is 0 Å². The molecule has 1 N–H and O–H groups in total. The Morgan fingerprint density at radius 2 is 1.80 bits per heavy atom. The summed E-state index contributed by atoms with van der Waals surface area (Å²) in [5.74, 6) is 1.62. The number of benzene rings is 2. The van der Waals surface area contributed by atoms with Crippen LogP contribution in [0.3, 0.4) is 0 Å². The minimum absolute atomic E-state index is 0.0639. The summed E-state index contributed by atoms with van der Waals surface area (Å²) in [4.78, 5) is 14.8. The number of hydrogen-bond acceptors (Lipinski definition) is 4. The van der Waals surface area contributed by atoms with E-state index in [0.29, 0.717) is 18.7 Å². The van der Waals surface area contributed by atoms with Gasteiger partial charge in [0.2, 0.25) is 0 Å². The SMILES string of the molecule is O=C(NCCOc1ccccc1)c1ccccc1SCc1cccs1. The monoisotopic (exact) mass is 369 g/mol. The zero-order valence-electron chi connectivity index (χ0n) is 13.7. The second kappa shape index (κ2) is 9.30. The van der Waals surface area contributed by atoms with E-state index < -0.39 is 0 Å². The van der Waals surface area contributed by atoms with Crippen molar-refractivity contribution in [2.75, 3.05) is 13.2 Å². The van der Waals surface area contributed by atoms with Crippen LogP contribution in [0.2, 0.25) is 0 Å². The van der Waals surface area contributed by atoms with E-state index in [1.54, 1.807) is 23.1 Å². The third-order valence-corrected chi connectivity index (χ3v) is 5.66. The Morgan fingerprint density at radius 3 is 2.60 bits per heavy atom. The first-order valence-electron chi connectivity index (χ1n) is 8.03. The molecular weight excluding hydrogens is 350 g/mol. The predicted octanol–water partition coefficient (Wildman–Crippen LogP) is 4.85. The minimum atomic E-state index is -0.0639. The van der Waals surface area contributed by atoms with Gasteiger partial charge in [0.05, 0.1) is 12.1 Å². The van der Waals surface area contributed by atoms with Crippen LogP contribution in [0.15, 0.2) is 77.0 Å². The molecule has 0 saturated heterocycles. The van der Waals surface area contributed by atoms with Gasteiger partial charge in [-0.2, -0.15) is 0 Å². The molecule has 5 heteroatoms. The van der Waals surface area contributed by atoms with Crippen molar-refractivity contribution < 1.29 is 9.53 Å². The molecule has 0 bridgehead atoms. The van der Waals surface area contributed by atoms with E-state index in [2.05, 4.69) is 16.8 Å². The molecule has 1 heterocycles. The third-order valence-electron chi connectivity index (χ3n) is 3.48. The van der Waals surface area contributed by atoms with Crippen molar-refractivity contribution in [3.63, 3.8) is 0 Å². The number of hydrogen-bond donors (Lipinski definition) is 1. The van der Waals surface area contributed by atoms with Crippen molar-refractivity contribution in [2.45, 2.75) is 10.6 Å². The van der Waals surface area contributed by atoms with Gasteiger partial charge in [0.1, 0.15) is 12.4 Å². The van der Waals surface area contributed by atoms with Gasteiger partial charge in [-0.05, 0) is 35.7 Å². The molecule has 0 aliphatic heterocycles. The highest BCUT2D eigenvalue weighted by Crippen LogP contribution is 2.27. The van der Waals surface area contributed by atoms with Crippen molar-refractivity contribution in [2.24, 2.45) is 0 Å². The first kappa shape index (κ1) is 17.6. The Labute approximate surface area is 156 Å². The molecule has 128 valence electrons. The summed E-state index contributed by atoms with van der Waals surface area (Å²) in [5.41, 5.74) is 0.712. The Bertz CT molecular complexity index is 788. The van der Waals surface area contributed by atoms with E-state index in [-0.39, 0.29) is 5.91 Å². The summed E-state index contributed by atoms with van der Waals surface area (Å²) in [6.07, 6.45) is 0. The molecule has 0 fully saturated rings. The van der Waals surface area contributed by atoms with Crippen molar-refractivity contribution in [3.8, 4) is 5.75 Å². The van der Waals surface area contributed by atoms with Crippen LogP contribution in [-0.2, 0) is 5.75 Å². The average molecular weight is 370 g/mol. The molecule has 2 aromatic carbocycles. The van der Waals surface area contributed by atoms with Crippen LogP contribution in [0.4, 0.5) is 0 Å². The van der Waals surface area contributed by atoms with Gasteiger partial charge in [0.25, 0.3) is 5.91 Å². The van der Waals surface area contributed by atoms with E-state index in [4.69, 9.17) is 4.74 Å². The normalized spacial score (nSPS) is 10.4. The maximum atomic E-state index is 12.5. The number of thiophene rings is 1. The fraction of sp³-hybridized carbons (Fsp3) is 0.150. The Morgan fingerprint density at radius 1 is 1.00 bits per heavy atom.